The Labute approximate surface area is 192 Å². The van der Waals surface area contributed by atoms with Crippen LogP contribution in [-0.4, -0.2) is 5.38 Å². The van der Waals surface area contributed by atoms with Crippen LogP contribution in [-0.2, 0) is 0 Å². The van der Waals surface area contributed by atoms with E-state index in [0.717, 1.165) is 23.7 Å². The summed E-state index contributed by atoms with van der Waals surface area (Å²) >= 11 is 6.61. The van der Waals surface area contributed by atoms with Gasteiger partial charge in [-0.05, 0) is 103 Å². The molecule has 0 saturated heterocycles. The van der Waals surface area contributed by atoms with Crippen molar-refractivity contribution in [3.8, 4) is 0 Å². The molecule has 0 aromatic rings. The first-order valence-corrected chi connectivity index (χ1v) is 14.0. The van der Waals surface area contributed by atoms with E-state index in [1.165, 1.54) is 70.6 Å². The third kappa shape index (κ3) is 2.83. The predicted molar refractivity (Wildman–Crippen MR) is 130 cm³/mol. The lowest BCUT2D eigenvalue weighted by Crippen LogP contribution is -2.50. The van der Waals surface area contributed by atoms with Gasteiger partial charge >= 0.3 is 0 Å². The molecule has 170 valence electrons. The molecule has 0 nitrogen and oxygen atoms in total. The Morgan fingerprint density at radius 1 is 1.00 bits per heavy atom. The van der Waals surface area contributed by atoms with Crippen molar-refractivity contribution in [2.75, 3.05) is 0 Å². The summed E-state index contributed by atoms with van der Waals surface area (Å²) in [5, 5.41) is 0.396. The minimum Gasteiger partial charge on any atom is -0.123 e. The van der Waals surface area contributed by atoms with Crippen LogP contribution in [0.5, 0.6) is 0 Å². The highest BCUT2D eigenvalue weighted by atomic mass is 35.5. The second-order valence-electron chi connectivity index (χ2n) is 13.4. The van der Waals surface area contributed by atoms with Crippen LogP contribution < -0.4 is 0 Å². The molecule has 30 heavy (non-hydrogen) atoms. The molecule has 0 aromatic carbocycles. The highest BCUT2D eigenvalue weighted by molar-refractivity contribution is 6.20. The maximum atomic E-state index is 6.61. The van der Waals surface area contributed by atoms with Crippen molar-refractivity contribution in [1.82, 2.24) is 0 Å². The number of rotatable bonds is 6. The van der Waals surface area contributed by atoms with Crippen molar-refractivity contribution < 1.29 is 0 Å². The van der Waals surface area contributed by atoms with E-state index < -0.39 is 0 Å². The Balaban J connectivity index is 1.34. The number of unbranched alkanes of at least 4 members (excludes halogenated alkanes) is 1. The van der Waals surface area contributed by atoms with E-state index in [1.807, 2.05) is 0 Å². The Kier molecular flexibility index (Phi) is 5.29. The van der Waals surface area contributed by atoms with Gasteiger partial charge in [-0.25, -0.2) is 0 Å². The van der Waals surface area contributed by atoms with Crippen LogP contribution in [0.25, 0.3) is 0 Å². The van der Waals surface area contributed by atoms with Gasteiger partial charge in [-0.2, -0.15) is 0 Å². The van der Waals surface area contributed by atoms with E-state index in [1.54, 1.807) is 18.4 Å². The van der Waals surface area contributed by atoms with Crippen LogP contribution in [0.2, 0.25) is 0 Å². The lowest BCUT2D eigenvalue weighted by Gasteiger charge is -2.58. The van der Waals surface area contributed by atoms with Crippen molar-refractivity contribution in [2.45, 2.75) is 123 Å². The summed E-state index contributed by atoms with van der Waals surface area (Å²) in [7, 11) is 0. The number of fused-ring (bicyclic) bond motifs is 2. The Bertz CT molecular complexity index is 707. The molecule has 0 aromatic heterocycles. The summed E-state index contributed by atoms with van der Waals surface area (Å²) in [5.74, 6) is 3.72. The van der Waals surface area contributed by atoms with E-state index in [9.17, 15) is 0 Å². The molecule has 8 unspecified atom stereocenters. The predicted octanol–water partition coefficient (Wildman–Crippen LogP) is 9.17. The summed E-state index contributed by atoms with van der Waals surface area (Å²) in [6, 6.07) is 0. The lowest BCUT2D eigenvalue weighted by atomic mass is 9.47. The van der Waals surface area contributed by atoms with Gasteiger partial charge in [0.05, 0.1) is 0 Å². The van der Waals surface area contributed by atoms with Gasteiger partial charge in [0.15, 0.2) is 0 Å². The minimum atomic E-state index is 0.396. The number of hydrogen-bond donors (Lipinski definition) is 0. The van der Waals surface area contributed by atoms with Crippen molar-refractivity contribution in [1.29, 1.82) is 0 Å². The van der Waals surface area contributed by atoms with Crippen molar-refractivity contribution >= 4 is 11.6 Å². The maximum absolute atomic E-state index is 6.61. The normalized spacial score (nSPS) is 50.2. The SMILES string of the molecule is CC(C)CCCCC(C)C1CCC23CC24CC=C2CC(Cl)CCC2(C)C4CCC13C. The number of halogens is 1. The maximum Gasteiger partial charge on any atom is 0.0373 e. The van der Waals surface area contributed by atoms with E-state index in [2.05, 4.69) is 40.7 Å². The molecule has 8 atom stereocenters. The van der Waals surface area contributed by atoms with Gasteiger partial charge in [0.1, 0.15) is 0 Å². The molecule has 0 N–H and O–H groups in total. The van der Waals surface area contributed by atoms with Crippen LogP contribution in [0.15, 0.2) is 11.6 Å². The second kappa shape index (κ2) is 7.27. The van der Waals surface area contributed by atoms with Crippen LogP contribution >= 0.6 is 11.6 Å². The number of alkyl halides is 1. The first-order chi connectivity index (χ1) is 14.2. The van der Waals surface area contributed by atoms with Gasteiger partial charge in [-0.3, -0.25) is 0 Å². The first-order valence-electron chi connectivity index (χ1n) is 13.5. The number of hydrogen-bond acceptors (Lipinski definition) is 0. The van der Waals surface area contributed by atoms with Crippen LogP contribution in [0.3, 0.4) is 0 Å². The number of allylic oxidation sites excluding steroid dienone is 2. The molecule has 5 aliphatic rings. The standard InChI is InChI=1S/C29H47Cl/c1-20(2)8-6-7-9-21(3)24-12-17-29-19-28(29)16-10-22-18-23(30)11-14-26(22,4)25(28)13-15-27(24,29)5/h10,20-21,23-25H,6-9,11-19H2,1-5H3. The summed E-state index contributed by atoms with van der Waals surface area (Å²) in [6.07, 6.45) is 21.3. The molecule has 0 radical (unpaired) electrons. The average Bonchev–Trinajstić information content (AvgIpc) is 3.26. The van der Waals surface area contributed by atoms with Crippen LogP contribution in [0.4, 0.5) is 0 Å². The monoisotopic (exact) mass is 430 g/mol. The molecule has 0 aliphatic heterocycles. The van der Waals surface area contributed by atoms with Gasteiger partial charge in [-0.1, -0.05) is 72.0 Å². The van der Waals surface area contributed by atoms with Crippen LogP contribution in [0, 0.1) is 45.3 Å². The minimum absolute atomic E-state index is 0.396. The summed E-state index contributed by atoms with van der Waals surface area (Å²) in [4.78, 5) is 0. The molecule has 2 spiro atoms. The van der Waals surface area contributed by atoms with Crippen molar-refractivity contribution in [3.05, 3.63) is 11.6 Å². The van der Waals surface area contributed by atoms with E-state index in [0.29, 0.717) is 27.0 Å². The third-order valence-corrected chi connectivity index (χ3v) is 12.2. The van der Waals surface area contributed by atoms with Gasteiger partial charge < -0.3 is 0 Å². The van der Waals surface area contributed by atoms with Crippen molar-refractivity contribution in [3.63, 3.8) is 0 Å². The summed E-state index contributed by atoms with van der Waals surface area (Å²) in [6.45, 7) is 12.8. The topological polar surface area (TPSA) is 0 Å². The fourth-order valence-electron chi connectivity index (χ4n) is 10.2. The van der Waals surface area contributed by atoms with E-state index in [-0.39, 0.29) is 0 Å². The molecule has 1 heteroatoms. The smallest absolute Gasteiger partial charge is 0.0373 e. The Hall–Kier alpha value is 0.0300. The molecule has 5 aliphatic carbocycles. The zero-order valence-electron chi connectivity index (χ0n) is 20.5. The Morgan fingerprint density at radius 3 is 2.53 bits per heavy atom. The average molecular weight is 431 g/mol. The van der Waals surface area contributed by atoms with Crippen molar-refractivity contribution in [2.24, 2.45) is 45.3 Å². The molecule has 0 amide bonds. The lowest BCUT2D eigenvalue weighted by molar-refractivity contribution is -0.0498. The quantitative estimate of drug-likeness (QED) is 0.224. The molecular formula is C29H47Cl. The molecule has 5 rings (SSSR count). The van der Waals surface area contributed by atoms with Gasteiger partial charge in [0.2, 0.25) is 0 Å². The fraction of sp³-hybridized carbons (Fsp3) is 0.931. The second-order valence-corrected chi connectivity index (χ2v) is 14.0. The first kappa shape index (κ1) is 21.9. The fourth-order valence-corrected chi connectivity index (χ4v) is 10.5. The third-order valence-electron chi connectivity index (χ3n) is 11.9. The summed E-state index contributed by atoms with van der Waals surface area (Å²) in [5.41, 5.74) is 4.18. The highest BCUT2D eigenvalue weighted by Crippen LogP contribution is 2.90. The zero-order valence-corrected chi connectivity index (χ0v) is 21.3. The Morgan fingerprint density at radius 2 is 1.77 bits per heavy atom. The largest absolute Gasteiger partial charge is 0.123 e. The zero-order chi connectivity index (χ0) is 21.4. The molecule has 0 heterocycles. The highest BCUT2D eigenvalue weighted by Gasteiger charge is 2.82. The molecular weight excluding hydrogens is 384 g/mol. The van der Waals surface area contributed by atoms with Gasteiger partial charge in [0, 0.05) is 5.38 Å². The van der Waals surface area contributed by atoms with Gasteiger partial charge in [0.25, 0.3) is 0 Å². The molecule has 0 bridgehead atoms. The summed E-state index contributed by atoms with van der Waals surface area (Å²) < 4.78 is 0. The van der Waals surface area contributed by atoms with Gasteiger partial charge in [-0.15, -0.1) is 11.6 Å². The molecule has 4 saturated carbocycles. The van der Waals surface area contributed by atoms with E-state index in [4.69, 9.17) is 11.6 Å². The molecule has 4 fully saturated rings. The van der Waals surface area contributed by atoms with E-state index >= 15 is 0 Å². The van der Waals surface area contributed by atoms with Crippen LogP contribution in [0.1, 0.15) is 118 Å².